The van der Waals surface area contributed by atoms with Crippen LogP contribution in [0.25, 0.3) is 6.08 Å². The molecule has 1 aromatic heterocycles. The van der Waals surface area contributed by atoms with Crippen LogP contribution in [0.4, 0.5) is 0 Å². The first-order valence-corrected chi connectivity index (χ1v) is 9.14. The number of fused-ring (bicyclic) bond motifs is 1. The highest BCUT2D eigenvalue weighted by Crippen LogP contribution is 2.33. The number of aryl methyl sites for hydroxylation is 1. The molecule has 0 radical (unpaired) electrons. The molecule has 1 unspecified atom stereocenters. The maximum Gasteiger partial charge on any atom is 0.244 e. The molecule has 1 atom stereocenters. The van der Waals surface area contributed by atoms with Gasteiger partial charge in [-0.1, -0.05) is 24.3 Å². The summed E-state index contributed by atoms with van der Waals surface area (Å²) in [4.78, 5) is 17.1. The van der Waals surface area contributed by atoms with E-state index in [4.69, 9.17) is 14.2 Å². The number of amides is 1. The van der Waals surface area contributed by atoms with Crippen LogP contribution in [0.3, 0.4) is 0 Å². The average molecular weight is 391 g/mol. The number of carbonyl (C=O) groups excluding carboxylic acids is 1. The fraction of sp³-hybridized carbons (Fsp3) is 0.182. The minimum absolute atomic E-state index is 0.216. The summed E-state index contributed by atoms with van der Waals surface area (Å²) in [5.74, 6) is 2.52. The SMILES string of the molecule is COc1ccccc1C(NC(=O)/C=C/c1ccc2c(c1)OCO2)c1nccn1C. The van der Waals surface area contributed by atoms with Crippen LogP contribution >= 0.6 is 0 Å². The van der Waals surface area contributed by atoms with Gasteiger partial charge in [-0.25, -0.2) is 4.98 Å². The van der Waals surface area contributed by atoms with E-state index >= 15 is 0 Å². The summed E-state index contributed by atoms with van der Waals surface area (Å²) in [5, 5.41) is 3.03. The number of methoxy groups -OCH3 is 1. The molecule has 0 fully saturated rings. The van der Waals surface area contributed by atoms with Crippen LogP contribution in [0.1, 0.15) is 23.0 Å². The van der Waals surface area contributed by atoms with Crippen molar-refractivity contribution in [2.45, 2.75) is 6.04 Å². The number of carbonyl (C=O) groups is 1. The van der Waals surface area contributed by atoms with Gasteiger partial charge in [-0.2, -0.15) is 0 Å². The molecule has 1 amide bonds. The van der Waals surface area contributed by atoms with Gasteiger partial charge in [-0.05, 0) is 29.8 Å². The lowest BCUT2D eigenvalue weighted by Crippen LogP contribution is -2.30. The molecule has 2 aromatic carbocycles. The molecule has 1 aliphatic rings. The van der Waals surface area contributed by atoms with E-state index in [2.05, 4.69) is 10.3 Å². The lowest BCUT2D eigenvalue weighted by molar-refractivity contribution is -0.117. The predicted octanol–water partition coefficient (Wildman–Crippen LogP) is 3.08. The number of nitrogens with one attached hydrogen (secondary N) is 1. The first-order valence-electron chi connectivity index (χ1n) is 9.14. The Morgan fingerprint density at radius 3 is 2.86 bits per heavy atom. The second-order valence-corrected chi connectivity index (χ2v) is 6.53. The van der Waals surface area contributed by atoms with Crippen molar-refractivity contribution in [2.24, 2.45) is 7.05 Å². The Balaban J connectivity index is 1.57. The minimum atomic E-state index is -0.458. The second-order valence-electron chi connectivity index (χ2n) is 6.53. The Hall–Kier alpha value is -3.74. The van der Waals surface area contributed by atoms with Crippen LogP contribution in [0.5, 0.6) is 17.2 Å². The topological polar surface area (TPSA) is 74.6 Å². The average Bonchev–Trinajstić information content (AvgIpc) is 3.38. The number of hydrogen-bond donors (Lipinski definition) is 1. The van der Waals surface area contributed by atoms with Gasteiger partial charge in [-0.15, -0.1) is 0 Å². The number of imidazole rings is 1. The van der Waals surface area contributed by atoms with E-state index in [1.807, 2.05) is 60.3 Å². The monoisotopic (exact) mass is 391 g/mol. The fourth-order valence-electron chi connectivity index (χ4n) is 3.22. The molecule has 148 valence electrons. The normalized spacial score (nSPS) is 13.4. The van der Waals surface area contributed by atoms with E-state index in [0.717, 1.165) is 11.1 Å². The van der Waals surface area contributed by atoms with Crippen LogP contribution in [0, 0.1) is 0 Å². The maximum atomic E-state index is 12.7. The van der Waals surface area contributed by atoms with Crippen molar-refractivity contribution in [3.8, 4) is 17.2 Å². The van der Waals surface area contributed by atoms with Crippen molar-refractivity contribution in [1.29, 1.82) is 0 Å². The molecule has 0 bridgehead atoms. The number of ether oxygens (including phenoxy) is 3. The van der Waals surface area contributed by atoms with Crippen LogP contribution < -0.4 is 19.5 Å². The number of nitrogens with zero attached hydrogens (tertiary/aromatic N) is 2. The molecule has 0 saturated heterocycles. The van der Waals surface area contributed by atoms with Gasteiger partial charge in [0.15, 0.2) is 11.5 Å². The predicted molar refractivity (Wildman–Crippen MR) is 108 cm³/mol. The molecule has 0 saturated carbocycles. The number of aromatic nitrogens is 2. The summed E-state index contributed by atoms with van der Waals surface area (Å²) in [6.07, 6.45) is 6.76. The van der Waals surface area contributed by atoms with Crippen molar-refractivity contribution in [2.75, 3.05) is 13.9 Å². The zero-order chi connectivity index (χ0) is 20.2. The Kier molecular flexibility index (Phi) is 5.20. The zero-order valence-electron chi connectivity index (χ0n) is 16.2. The largest absolute Gasteiger partial charge is 0.496 e. The fourth-order valence-corrected chi connectivity index (χ4v) is 3.22. The summed E-state index contributed by atoms with van der Waals surface area (Å²) in [5.41, 5.74) is 1.67. The van der Waals surface area contributed by atoms with E-state index in [1.54, 1.807) is 19.4 Å². The Bertz CT molecular complexity index is 1060. The lowest BCUT2D eigenvalue weighted by atomic mass is 10.0. The van der Waals surface area contributed by atoms with Crippen molar-refractivity contribution in [1.82, 2.24) is 14.9 Å². The van der Waals surface area contributed by atoms with Crippen LogP contribution in [-0.2, 0) is 11.8 Å². The van der Waals surface area contributed by atoms with Gasteiger partial charge in [0.05, 0.1) is 7.11 Å². The maximum absolute atomic E-state index is 12.7. The molecule has 1 aliphatic heterocycles. The third-order valence-corrected chi connectivity index (χ3v) is 4.68. The zero-order valence-corrected chi connectivity index (χ0v) is 16.2. The van der Waals surface area contributed by atoms with Gasteiger partial charge in [0.1, 0.15) is 17.6 Å². The molecule has 3 aromatic rings. The van der Waals surface area contributed by atoms with Crippen molar-refractivity contribution >= 4 is 12.0 Å². The minimum Gasteiger partial charge on any atom is -0.496 e. The summed E-state index contributed by atoms with van der Waals surface area (Å²) in [6.45, 7) is 0.216. The van der Waals surface area contributed by atoms with Gasteiger partial charge in [-0.3, -0.25) is 4.79 Å². The summed E-state index contributed by atoms with van der Waals surface area (Å²) in [7, 11) is 3.50. The molecule has 7 heteroatoms. The highest BCUT2D eigenvalue weighted by Gasteiger charge is 2.23. The molecule has 1 N–H and O–H groups in total. The lowest BCUT2D eigenvalue weighted by Gasteiger charge is -2.20. The third-order valence-electron chi connectivity index (χ3n) is 4.68. The third kappa shape index (κ3) is 3.94. The molecular formula is C22H21N3O4. The number of hydrogen-bond acceptors (Lipinski definition) is 5. The summed E-state index contributed by atoms with van der Waals surface area (Å²) in [6, 6.07) is 12.6. The van der Waals surface area contributed by atoms with E-state index in [1.165, 1.54) is 6.08 Å². The standard InChI is InChI=1S/C22H21N3O4/c1-25-12-11-23-22(25)21(16-5-3-4-6-17(16)27-2)24-20(26)10-8-15-7-9-18-19(13-15)29-14-28-18/h3-13,21H,14H2,1-2H3,(H,24,26)/b10-8+. The molecule has 2 heterocycles. The highest BCUT2D eigenvalue weighted by atomic mass is 16.7. The van der Waals surface area contributed by atoms with Crippen molar-refractivity contribution < 1.29 is 19.0 Å². The molecule has 0 aliphatic carbocycles. The molecule has 4 rings (SSSR count). The highest BCUT2D eigenvalue weighted by molar-refractivity contribution is 5.92. The van der Waals surface area contributed by atoms with Crippen LogP contribution in [0.2, 0.25) is 0 Å². The molecule has 29 heavy (non-hydrogen) atoms. The van der Waals surface area contributed by atoms with Crippen molar-refractivity contribution in [3.63, 3.8) is 0 Å². The number of benzene rings is 2. The first-order chi connectivity index (χ1) is 14.2. The number of rotatable bonds is 6. The molecule has 7 nitrogen and oxygen atoms in total. The first kappa shape index (κ1) is 18.6. The van der Waals surface area contributed by atoms with Gasteiger partial charge in [0, 0.05) is 31.1 Å². The number of para-hydroxylation sites is 1. The molecular weight excluding hydrogens is 370 g/mol. The van der Waals surface area contributed by atoms with Gasteiger partial charge < -0.3 is 24.1 Å². The van der Waals surface area contributed by atoms with E-state index < -0.39 is 6.04 Å². The van der Waals surface area contributed by atoms with Crippen LogP contribution in [0.15, 0.2) is 60.9 Å². The Labute approximate surface area is 168 Å². The van der Waals surface area contributed by atoms with E-state index in [0.29, 0.717) is 23.1 Å². The quantitative estimate of drug-likeness (QED) is 0.654. The molecule has 0 spiro atoms. The summed E-state index contributed by atoms with van der Waals surface area (Å²) >= 11 is 0. The smallest absolute Gasteiger partial charge is 0.244 e. The van der Waals surface area contributed by atoms with Gasteiger partial charge in [0.2, 0.25) is 12.7 Å². The van der Waals surface area contributed by atoms with E-state index in [-0.39, 0.29) is 12.7 Å². The Morgan fingerprint density at radius 2 is 2.07 bits per heavy atom. The van der Waals surface area contributed by atoms with Crippen LogP contribution in [-0.4, -0.2) is 29.4 Å². The van der Waals surface area contributed by atoms with Crippen molar-refractivity contribution in [3.05, 3.63) is 77.9 Å². The van der Waals surface area contributed by atoms with Gasteiger partial charge in [0.25, 0.3) is 0 Å². The Morgan fingerprint density at radius 1 is 1.24 bits per heavy atom. The summed E-state index contributed by atoms with van der Waals surface area (Å²) < 4.78 is 18.0. The van der Waals surface area contributed by atoms with E-state index in [9.17, 15) is 4.79 Å². The van der Waals surface area contributed by atoms with Gasteiger partial charge >= 0.3 is 0 Å². The second kappa shape index (κ2) is 8.10.